The number of hydrogen-bond acceptors (Lipinski definition) is 8. The monoisotopic (exact) mass is 454 g/mol. The smallest absolute Gasteiger partial charge is 0.338 e. The lowest BCUT2D eigenvalue weighted by atomic mass is 10.0. The van der Waals surface area contributed by atoms with Crippen molar-refractivity contribution in [1.82, 2.24) is 4.57 Å². The van der Waals surface area contributed by atoms with E-state index in [1.807, 2.05) is 17.5 Å². The molecule has 0 saturated heterocycles. The van der Waals surface area contributed by atoms with E-state index >= 15 is 0 Å². The molecule has 0 bridgehead atoms. The Morgan fingerprint density at radius 3 is 2.55 bits per heavy atom. The van der Waals surface area contributed by atoms with Crippen molar-refractivity contribution in [3.8, 4) is 5.75 Å². The first-order chi connectivity index (χ1) is 14.9. The van der Waals surface area contributed by atoms with Crippen LogP contribution >= 0.6 is 22.7 Å². The van der Waals surface area contributed by atoms with E-state index in [2.05, 4.69) is 4.99 Å². The van der Waals surface area contributed by atoms with E-state index in [9.17, 15) is 14.4 Å². The molecule has 0 radical (unpaired) electrons. The number of esters is 2. The number of benzene rings is 1. The predicted molar refractivity (Wildman–Crippen MR) is 118 cm³/mol. The van der Waals surface area contributed by atoms with Gasteiger partial charge in [0.15, 0.2) is 4.80 Å². The second-order valence-electron chi connectivity index (χ2n) is 6.75. The molecule has 0 N–H and O–H groups in total. The highest BCUT2D eigenvalue weighted by Gasteiger charge is 2.33. The third-order valence-corrected chi connectivity index (χ3v) is 6.59. The molecular weight excluding hydrogens is 436 g/mol. The lowest BCUT2D eigenvalue weighted by Crippen LogP contribution is -2.39. The van der Waals surface area contributed by atoms with E-state index < -0.39 is 18.0 Å². The third kappa shape index (κ3) is 4.01. The number of thiazole rings is 1. The number of allylic oxidation sites excluding steroid dienone is 1. The highest BCUT2D eigenvalue weighted by Crippen LogP contribution is 2.32. The van der Waals surface area contributed by atoms with Crippen molar-refractivity contribution in [3.63, 3.8) is 0 Å². The summed E-state index contributed by atoms with van der Waals surface area (Å²) in [6.07, 6.45) is 1.75. The summed E-state index contributed by atoms with van der Waals surface area (Å²) < 4.78 is 12.1. The average Bonchev–Trinajstić information content (AvgIpc) is 3.36. The summed E-state index contributed by atoms with van der Waals surface area (Å²) in [5, 5.41) is 1.90. The van der Waals surface area contributed by atoms with Gasteiger partial charge in [0, 0.05) is 11.8 Å². The fraction of sp³-hybridized carbons (Fsp3) is 0.182. The Kier molecular flexibility index (Phi) is 5.71. The predicted octanol–water partition coefficient (Wildman–Crippen LogP) is 2.40. The van der Waals surface area contributed by atoms with Crippen molar-refractivity contribution in [2.75, 3.05) is 7.11 Å². The molecule has 1 unspecified atom stereocenters. The van der Waals surface area contributed by atoms with Gasteiger partial charge in [0.25, 0.3) is 5.56 Å². The first-order valence-electron chi connectivity index (χ1n) is 9.32. The number of rotatable bonds is 4. The molecule has 0 spiro atoms. The number of methoxy groups -OCH3 is 1. The molecule has 0 fully saturated rings. The maximum atomic E-state index is 13.3. The van der Waals surface area contributed by atoms with Gasteiger partial charge in [-0.25, -0.2) is 9.79 Å². The van der Waals surface area contributed by atoms with E-state index in [4.69, 9.17) is 9.47 Å². The second kappa shape index (κ2) is 8.44. The molecule has 1 atom stereocenters. The first-order valence-corrected chi connectivity index (χ1v) is 11.0. The molecular formula is C22H18N2O5S2. The third-order valence-electron chi connectivity index (χ3n) is 4.68. The summed E-state index contributed by atoms with van der Waals surface area (Å²) in [6.45, 7) is 3.08. The summed E-state index contributed by atoms with van der Waals surface area (Å²) in [7, 11) is 1.32. The Morgan fingerprint density at radius 2 is 1.94 bits per heavy atom. The lowest BCUT2D eigenvalue weighted by molar-refractivity contribution is -0.136. The molecule has 2 aromatic heterocycles. The van der Waals surface area contributed by atoms with Crippen molar-refractivity contribution >= 4 is 40.7 Å². The second-order valence-corrected chi connectivity index (χ2v) is 8.74. The van der Waals surface area contributed by atoms with Crippen molar-refractivity contribution in [1.29, 1.82) is 0 Å². The number of ether oxygens (including phenoxy) is 2. The molecule has 0 amide bonds. The number of hydrogen-bond donors (Lipinski definition) is 0. The molecule has 1 aromatic carbocycles. The van der Waals surface area contributed by atoms with Gasteiger partial charge in [-0.05, 0) is 42.1 Å². The number of thiophene rings is 1. The molecule has 3 aromatic rings. The summed E-state index contributed by atoms with van der Waals surface area (Å²) in [5.74, 6) is -0.469. The van der Waals surface area contributed by atoms with Gasteiger partial charge in [0.2, 0.25) is 0 Å². The van der Waals surface area contributed by atoms with Crippen LogP contribution in [0.1, 0.15) is 30.3 Å². The average molecular weight is 455 g/mol. The number of carbonyl (C=O) groups is 2. The molecule has 9 heteroatoms. The molecule has 0 saturated carbocycles. The van der Waals surface area contributed by atoms with Gasteiger partial charge in [0.1, 0.15) is 11.8 Å². The minimum atomic E-state index is -0.586. The maximum absolute atomic E-state index is 13.3. The molecule has 0 aliphatic carbocycles. The molecule has 1 aliphatic heterocycles. The SMILES string of the molecule is COC(=O)C1=C(C)N=c2s/c(=C/c3ccc(OC(C)=O)cc3)c(=O)n2C1c1cccs1. The van der Waals surface area contributed by atoms with Crippen LogP contribution in [-0.2, 0) is 14.3 Å². The van der Waals surface area contributed by atoms with Crippen molar-refractivity contribution in [2.24, 2.45) is 4.99 Å². The van der Waals surface area contributed by atoms with Crippen molar-refractivity contribution in [3.05, 3.63) is 83.2 Å². The fourth-order valence-corrected chi connectivity index (χ4v) is 5.23. The zero-order chi connectivity index (χ0) is 22.1. The Bertz CT molecular complexity index is 1360. The standard InChI is InChI=1S/C22H18N2O5S2/c1-12-18(21(27)28-3)19(16-5-4-10-30-16)24-20(26)17(31-22(24)23-12)11-14-6-8-15(9-7-14)29-13(2)25/h4-11,19H,1-3H3/b17-11+. The Labute approximate surface area is 185 Å². The van der Waals surface area contributed by atoms with Gasteiger partial charge >= 0.3 is 11.9 Å². The zero-order valence-electron chi connectivity index (χ0n) is 16.9. The summed E-state index contributed by atoms with van der Waals surface area (Å²) in [4.78, 5) is 42.8. The van der Waals surface area contributed by atoms with Crippen LogP contribution in [0, 0.1) is 0 Å². The van der Waals surface area contributed by atoms with E-state index in [1.54, 1.807) is 41.8 Å². The zero-order valence-corrected chi connectivity index (χ0v) is 18.6. The quantitative estimate of drug-likeness (QED) is 0.446. The summed E-state index contributed by atoms with van der Waals surface area (Å²) >= 11 is 2.72. The van der Waals surface area contributed by atoms with Crippen LogP contribution in [0.15, 0.2) is 62.8 Å². The number of aromatic nitrogens is 1. The fourth-order valence-electron chi connectivity index (χ4n) is 3.36. The van der Waals surface area contributed by atoms with Crippen LogP contribution in [0.25, 0.3) is 6.08 Å². The molecule has 158 valence electrons. The van der Waals surface area contributed by atoms with Crippen LogP contribution in [0.5, 0.6) is 5.75 Å². The number of fused-ring (bicyclic) bond motifs is 1. The van der Waals surface area contributed by atoms with E-state index in [0.717, 1.165) is 10.4 Å². The molecule has 4 rings (SSSR count). The van der Waals surface area contributed by atoms with Crippen LogP contribution in [0.3, 0.4) is 0 Å². The van der Waals surface area contributed by atoms with E-state index in [1.165, 1.54) is 36.7 Å². The largest absolute Gasteiger partial charge is 0.466 e. The summed E-state index contributed by atoms with van der Waals surface area (Å²) in [5.41, 5.74) is 1.43. The van der Waals surface area contributed by atoms with Gasteiger partial charge in [-0.2, -0.15) is 0 Å². The van der Waals surface area contributed by atoms with E-state index in [-0.39, 0.29) is 5.56 Å². The summed E-state index contributed by atoms with van der Waals surface area (Å²) in [6, 6.07) is 10.0. The Balaban J connectivity index is 1.85. The van der Waals surface area contributed by atoms with Gasteiger partial charge in [-0.1, -0.05) is 29.5 Å². The number of nitrogens with zero attached hydrogens (tertiary/aromatic N) is 2. The minimum Gasteiger partial charge on any atom is -0.466 e. The molecule has 3 heterocycles. The van der Waals surface area contributed by atoms with Gasteiger partial charge in [-0.15, -0.1) is 11.3 Å². The van der Waals surface area contributed by atoms with Crippen LogP contribution < -0.4 is 19.6 Å². The van der Waals surface area contributed by atoms with Crippen LogP contribution in [0.4, 0.5) is 0 Å². The first kappa shape index (κ1) is 21.0. The van der Waals surface area contributed by atoms with Crippen LogP contribution in [-0.4, -0.2) is 23.6 Å². The molecule has 1 aliphatic rings. The topological polar surface area (TPSA) is 87.0 Å². The highest BCUT2D eigenvalue weighted by atomic mass is 32.1. The molecule has 7 nitrogen and oxygen atoms in total. The van der Waals surface area contributed by atoms with Crippen molar-refractivity contribution < 1.29 is 19.1 Å². The lowest BCUT2D eigenvalue weighted by Gasteiger charge is -2.22. The number of carbonyl (C=O) groups excluding carboxylic acids is 2. The highest BCUT2D eigenvalue weighted by molar-refractivity contribution is 7.10. The van der Waals surface area contributed by atoms with Crippen LogP contribution in [0.2, 0.25) is 0 Å². The normalized spacial score (nSPS) is 16.0. The van der Waals surface area contributed by atoms with Gasteiger partial charge < -0.3 is 9.47 Å². The van der Waals surface area contributed by atoms with Crippen molar-refractivity contribution in [2.45, 2.75) is 19.9 Å². The molecule has 31 heavy (non-hydrogen) atoms. The maximum Gasteiger partial charge on any atom is 0.338 e. The van der Waals surface area contributed by atoms with Gasteiger partial charge in [0.05, 0.1) is 22.9 Å². The van der Waals surface area contributed by atoms with Gasteiger partial charge in [-0.3, -0.25) is 14.2 Å². The van der Waals surface area contributed by atoms with E-state index in [0.29, 0.717) is 26.4 Å². The Hall–Kier alpha value is -3.30. The minimum absolute atomic E-state index is 0.236. The Morgan fingerprint density at radius 1 is 1.19 bits per heavy atom.